The maximum absolute atomic E-state index is 12.4. The third-order valence-electron chi connectivity index (χ3n) is 8.66. The molecule has 1 aliphatic heterocycles. The summed E-state index contributed by atoms with van der Waals surface area (Å²) in [4.78, 5) is 27.2. The smallest absolute Gasteiger partial charge is 0.412 e. The second kappa shape index (κ2) is 18.1. The highest BCUT2D eigenvalue weighted by Crippen LogP contribution is 2.34. The summed E-state index contributed by atoms with van der Waals surface area (Å²) in [5.74, 6) is -0.0304. The molecule has 0 bridgehead atoms. The first kappa shape index (κ1) is 34.0. The van der Waals surface area contributed by atoms with Gasteiger partial charge in [0.25, 0.3) is 0 Å². The van der Waals surface area contributed by atoms with Gasteiger partial charge >= 0.3 is 6.09 Å². The number of piperidine rings is 1. The van der Waals surface area contributed by atoms with Crippen molar-refractivity contribution in [2.75, 3.05) is 42.9 Å². The normalized spacial score (nSPS) is 14.6. The van der Waals surface area contributed by atoms with Crippen LogP contribution in [0.25, 0.3) is 11.1 Å². The standard InChI is InChI=1S/C36H48N4O5/c41-27-38-32-25-29(17-18-34(32)42)35(43)26-37-21-11-4-2-1-3-5-12-22-39-23-19-30(20-24-39)40(36(44)45)33-16-10-9-15-31(33)28-13-7-6-8-14-28/h6-10,13-18,25,27,30,35,37,42-43H,1-5,11-12,19-24,26H2,(H,38,41)(H,44,45)/t35-/m0/s1. The average molecular weight is 617 g/mol. The van der Waals surface area contributed by atoms with Crippen molar-refractivity contribution in [3.05, 3.63) is 78.4 Å². The molecule has 0 saturated carbocycles. The molecule has 5 N–H and O–H groups in total. The number of phenols is 1. The molecule has 1 fully saturated rings. The van der Waals surface area contributed by atoms with Gasteiger partial charge in [0, 0.05) is 31.2 Å². The Morgan fingerprint density at radius 3 is 2.29 bits per heavy atom. The zero-order valence-corrected chi connectivity index (χ0v) is 26.1. The van der Waals surface area contributed by atoms with E-state index >= 15 is 0 Å². The monoisotopic (exact) mass is 616 g/mol. The van der Waals surface area contributed by atoms with E-state index in [9.17, 15) is 24.9 Å². The van der Waals surface area contributed by atoms with Crippen LogP contribution in [0.4, 0.5) is 16.2 Å². The van der Waals surface area contributed by atoms with Crippen molar-refractivity contribution in [2.45, 2.75) is 69.9 Å². The van der Waals surface area contributed by atoms with Crippen LogP contribution in [0.3, 0.4) is 0 Å². The van der Waals surface area contributed by atoms with Crippen LogP contribution in [0.5, 0.6) is 5.75 Å². The van der Waals surface area contributed by atoms with Gasteiger partial charge in [-0.25, -0.2) is 4.79 Å². The Bertz CT molecular complexity index is 1330. The fourth-order valence-corrected chi connectivity index (χ4v) is 6.17. The van der Waals surface area contributed by atoms with E-state index in [0.29, 0.717) is 18.5 Å². The Kier molecular flexibility index (Phi) is 13.7. The highest BCUT2D eigenvalue weighted by molar-refractivity contribution is 5.93. The van der Waals surface area contributed by atoms with Crippen LogP contribution >= 0.6 is 0 Å². The Labute approximate surface area is 266 Å². The maximum atomic E-state index is 12.4. The Hall–Kier alpha value is -3.92. The van der Waals surface area contributed by atoms with E-state index in [1.807, 2.05) is 54.6 Å². The minimum atomic E-state index is -0.887. The largest absolute Gasteiger partial charge is 0.506 e. The fourth-order valence-electron chi connectivity index (χ4n) is 6.17. The third kappa shape index (κ3) is 10.3. The molecule has 0 unspecified atom stereocenters. The molecule has 1 aliphatic rings. The number of benzene rings is 3. The number of hydrogen-bond donors (Lipinski definition) is 5. The average Bonchev–Trinajstić information content (AvgIpc) is 3.06. The first-order valence-electron chi connectivity index (χ1n) is 16.3. The van der Waals surface area contributed by atoms with Gasteiger partial charge in [0.15, 0.2) is 0 Å². The number of carbonyl (C=O) groups is 2. The van der Waals surface area contributed by atoms with Gasteiger partial charge in [-0.15, -0.1) is 0 Å². The number of aliphatic hydroxyl groups excluding tert-OH is 1. The lowest BCUT2D eigenvalue weighted by atomic mass is 9.98. The number of nitrogens with one attached hydrogen (secondary N) is 2. The van der Waals surface area contributed by atoms with Gasteiger partial charge in [-0.05, 0) is 68.1 Å². The van der Waals surface area contributed by atoms with E-state index < -0.39 is 12.2 Å². The molecule has 9 nitrogen and oxygen atoms in total. The molecule has 242 valence electrons. The number of rotatable bonds is 18. The Morgan fingerprint density at radius 1 is 0.911 bits per heavy atom. The Morgan fingerprint density at radius 2 is 1.58 bits per heavy atom. The van der Waals surface area contributed by atoms with Gasteiger partial charge in [-0.1, -0.05) is 86.7 Å². The van der Waals surface area contributed by atoms with E-state index in [1.165, 1.54) is 38.2 Å². The molecular formula is C36H48N4O5. The second-order valence-electron chi connectivity index (χ2n) is 11.8. The van der Waals surface area contributed by atoms with E-state index in [-0.39, 0.29) is 17.5 Å². The number of nitrogens with zero attached hydrogens (tertiary/aromatic N) is 2. The quantitative estimate of drug-likeness (QED) is 0.0617. The second-order valence-corrected chi connectivity index (χ2v) is 11.8. The zero-order valence-electron chi connectivity index (χ0n) is 26.1. The molecule has 2 amide bonds. The number of carboxylic acid groups (broad SMARTS) is 1. The molecule has 0 aromatic heterocycles. The molecule has 3 aromatic carbocycles. The molecule has 0 spiro atoms. The van der Waals surface area contributed by atoms with E-state index in [2.05, 4.69) is 15.5 Å². The van der Waals surface area contributed by atoms with Crippen molar-refractivity contribution in [2.24, 2.45) is 0 Å². The predicted molar refractivity (Wildman–Crippen MR) is 180 cm³/mol. The van der Waals surface area contributed by atoms with Gasteiger partial charge in [0.1, 0.15) is 5.75 Å². The lowest BCUT2D eigenvalue weighted by molar-refractivity contribution is -0.105. The number of amides is 2. The van der Waals surface area contributed by atoms with E-state index in [4.69, 9.17) is 0 Å². The number of aromatic hydroxyl groups is 1. The summed E-state index contributed by atoms with van der Waals surface area (Å²) < 4.78 is 0. The van der Waals surface area contributed by atoms with Gasteiger partial charge in [0.2, 0.25) is 6.41 Å². The summed E-state index contributed by atoms with van der Waals surface area (Å²) in [5, 5.41) is 36.0. The Balaban J connectivity index is 1.06. The third-order valence-corrected chi connectivity index (χ3v) is 8.66. The number of phenolic OH excluding ortho intramolecular Hbond substituents is 1. The van der Waals surface area contributed by atoms with Crippen LogP contribution in [0.15, 0.2) is 72.8 Å². The van der Waals surface area contributed by atoms with E-state index in [0.717, 1.165) is 68.7 Å². The van der Waals surface area contributed by atoms with Crippen LogP contribution in [0.2, 0.25) is 0 Å². The zero-order chi connectivity index (χ0) is 31.9. The fraction of sp³-hybridized carbons (Fsp3) is 0.444. The summed E-state index contributed by atoms with van der Waals surface area (Å²) in [6.07, 6.45) is 8.82. The van der Waals surface area contributed by atoms with Crippen LogP contribution in [-0.2, 0) is 4.79 Å². The van der Waals surface area contributed by atoms with Crippen molar-refractivity contribution in [1.82, 2.24) is 10.2 Å². The van der Waals surface area contributed by atoms with E-state index in [1.54, 1.807) is 17.0 Å². The SMILES string of the molecule is O=CNc1cc([C@@H](O)CNCCCCCCCCCN2CCC(N(C(=O)O)c3ccccc3-c3ccccc3)CC2)ccc1O. The molecule has 0 aliphatic carbocycles. The summed E-state index contributed by atoms with van der Waals surface area (Å²) in [6, 6.07) is 22.5. The first-order chi connectivity index (χ1) is 22.0. The molecular weight excluding hydrogens is 568 g/mol. The van der Waals surface area contributed by atoms with Crippen LogP contribution in [0, 0.1) is 0 Å². The molecule has 0 radical (unpaired) electrons. The van der Waals surface area contributed by atoms with Gasteiger partial charge in [-0.2, -0.15) is 0 Å². The van der Waals surface area contributed by atoms with Gasteiger partial charge < -0.3 is 30.9 Å². The number of unbranched alkanes of at least 4 members (excludes halogenated alkanes) is 6. The topological polar surface area (TPSA) is 125 Å². The number of carbonyl (C=O) groups excluding carboxylic acids is 1. The first-order valence-corrected chi connectivity index (χ1v) is 16.3. The highest BCUT2D eigenvalue weighted by atomic mass is 16.4. The number of hydrogen-bond acceptors (Lipinski definition) is 6. The minimum Gasteiger partial charge on any atom is -0.506 e. The molecule has 3 aromatic rings. The van der Waals surface area contributed by atoms with Gasteiger partial charge in [0.05, 0.1) is 17.5 Å². The number of para-hydroxylation sites is 1. The molecule has 1 saturated heterocycles. The van der Waals surface area contributed by atoms with Crippen molar-refractivity contribution < 1.29 is 24.9 Å². The molecule has 9 heteroatoms. The summed E-state index contributed by atoms with van der Waals surface area (Å²) >= 11 is 0. The van der Waals surface area contributed by atoms with Crippen LogP contribution < -0.4 is 15.5 Å². The van der Waals surface area contributed by atoms with Crippen molar-refractivity contribution in [1.29, 1.82) is 0 Å². The summed E-state index contributed by atoms with van der Waals surface area (Å²) in [6.45, 7) is 4.17. The van der Waals surface area contributed by atoms with Crippen molar-refractivity contribution in [3.8, 4) is 16.9 Å². The number of aliphatic hydroxyl groups is 1. The van der Waals surface area contributed by atoms with Crippen molar-refractivity contribution in [3.63, 3.8) is 0 Å². The highest BCUT2D eigenvalue weighted by Gasteiger charge is 2.30. The van der Waals surface area contributed by atoms with Crippen molar-refractivity contribution >= 4 is 23.9 Å². The van der Waals surface area contributed by atoms with Gasteiger partial charge in [-0.3, -0.25) is 9.69 Å². The number of likely N-dealkylation sites (tertiary alicyclic amines) is 1. The van der Waals surface area contributed by atoms with Crippen LogP contribution in [0.1, 0.15) is 69.5 Å². The minimum absolute atomic E-state index is 0.0206. The predicted octanol–water partition coefficient (Wildman–Crippen LogP) is 6.63. The lowest BCUT2D eigenvalue weighted by Gasteiger charge is -2.38. The molecule has 1 atom stereocenters. The lowest BCUT2D eigenvalue weighted by Crippen LogP contribution is -2.47. The molecule has 1 heterocycles. The maximum Gasteiger partial charge on any atom is 0.412 e. The summed E-state index contributed by atoms with van der Waals surface area (Å²) in [5.41, 5.74) is 3.67. The number of anilines is 2. The summed E-state index contributed by atoms with van der Waals surface area (Å²) in [7, 11) is 0. The molecule has 45 heavy (non-hydrogen) atoms. The molecule has 4 rings (SSSR count). The van der Waals surface area contributed by atoms with Crippen LogP contribution in [-0.4, -0.2) is 71.5 Å².